The maximum absolute atomic E-state index is 3.63. The fourth-order valence-electron chi connectivity index (χ4n) is 2.55. The van der Waals surface area contributed by atoms with Gasteiger partial charge in [0.1, 0.15) is 0 Å². The molecule has 1 N–H and O–H groups in total. The molecule has 0 aromatic heterocycles. The van der Waals surface area contributed by atoms with Crippen LogP contribution in [0.3, 0.4) is 0 Å². The first-order valence-corrected chi connectivity index (χ1v) is 7.33. The predicted octanol–water partition coefficient (Wildman–Crippen LogP) is 3.13. The van der Waals surface area contributed by atoms with Crippen molar-refractivity contribution in [3.8, 4) is 0 Å². The molecule has 1 saturated heterocycles. The van der Waals surface area contributed by atoms with E-state index in [-0.39, 0.29) is 0 Å². The van der Waals surface area contributed by atoms with Crippen molar-refractivity contribution >= 4 is 0 Å². The Morgan fingerprint density at radius 3 is 2.53 bits per heavy atom. The summed E-state index contributed by atoms with van der Waals surface area (Å²) >= 11 is 0. The van der Waals surface area contributed by atoms with Crippen molar-refractivity contribution in [3.63, 3.8) is 0 Å². The Morgan fingerprint density at radius 1 is 1.29 bits per heavy atom. The maximum Gasteiger partial charge on any atom is 0.00387 e. The zero-order valence-electron chi connectivity index (χ0n) is 12.6. The summed E-state index contributed by atoms with van der Waals surface area (Å²) in [6, 6.07) is 0.723. The van der Waals surface area contributed by atoms with Gasteiger partial charge in [0.05, 0.1) is 0 Å². The van der Waals surface area contributed by atoms with Crippen molar-refractivity contribution in [2.75, 3.05) is 26.2 Å². The summed E-state index contributed by atoms with van der Waals surface area (Å²) in [5.41, 5.74) is 0.490. The van der Waals surface area contributed by atoms with Gasteiger partial charge in [0.2, 0.25) is 0 Å². The van der Waals surface area contributed by atoms with Crippen LogP contribution in [0.4, 0.5) is 0 Å². The van der Waals surface area contributed by atoms with Crippen molar-refractivity contribution < 1.29 is 0 Å². The van der Waals surface area contributed by atoms with Gasteiger partial charge in [-0.2, -0.15) is 0 Å². The minimum Gasteiger partial charge on any atom is -0.316 e. The Bertz CT molecular complexity index is 205. The van der Waals surface area contributed by atoms with Gasteiger partial charge in [-0.1, -0.05) is 20.8 Å². The zero-order valence-corrected chi connectivity index (χ0v) is 12.6. The Balaban J connectivity index is 2.01. The maximum atomic E-state index is 3.63. The summed E-state index contributed by atoms with van der Waals surface area (Å²) in [7, 11) is 0. The smallest absolute Gasteiger partial charge is 0.00387 e. The highest BCUT2D eigenvalue weighted by Crippen LogP contribution is 2.20. The highest BCUT2D eigenvalue weighted by atomic mass is 15.2. The minimum atomic E-state index is 0.490. The van der Waals surface area contributed by atoms with Gasteiger partial charge in [0.25, 0.3) is 0 Å². The average molecular weight is 240 g/mol. The molecule has 0 aliphatic carbocycles. The monoisotopic (exact) mass is 240 g/mol. The average Bonchev–Trinajstić information content (AvgIpc) is 2.64. The van der Waals surface area contributed by atoms with E-state index in [1.54, 1.807) is 0 Å². The first-order chi connectivity index (χ1) is 7.88. The number of likely N-dealkylation sites (tertiary alicyclic amines) is 1. The summed E-state index contributed by atoms with van der Waals surface area (Å²) in [6.45, 7) is 16.6. The van der Waals surface area contributed by atoms with Gasteiger partial charge >= 0.3 is 0 Å². The van der Waals surface area contributed by atoms with Crippen LogP contribution in [-0.4, -0.2) is 37.1 Å². The molecule has 1 heterocycles. The van der Waals surface area contributed by atoms with E-state index in [9.17, 15) is 0 Å². The minimum absolute atomic E-state index is 0.490. The lowest BCUT2D eigenvalue weighted by Crippen LogP contribution is -2.31. The van der Waals surface area contributed by atoms with Crippen LogP contribution >= 0.6 is 0 Å². The topological polar surface area (TPSA) is 15.3 Å². The first kappa shape index (κ1) is 15.0. The predicted molar refractivity (Wildman–Crippen MR) is 76.4 cm³/mol. The van der Waals surface area contributed by atoms with Gasteiger partial charge in [0, 0.05) is 12.6 Å². The Labute approximate surface area is 108 Å². The molecule has 1 fully saturated rings. The third kappa shape index (κ3) is 6.42. The van der Waals surface area contributed by atoms with Crippen LogP contribution in [0, 0.1) is 11.3 Å². The summed E-state index contributed by atoms with van der Waals surface area (Å²) in [4.78, 5) is 2.60. The molecule has 1 atom stereocenters. The summed E-state index contributed by atoms with van der Waals surface area (Å²) in [5.74, 6) is 0.882. The van der Waals surface area contributed by atoms with Crippen LogP contribution < -0.4 is 5.32 Å². The van der Waals surface area contributed by atoms with Crippen LogP contribution in [0.5, 0.6) is 0 Å². The fourth-order valence-corrected chi connectivity index (χ4v) is 2.55. The van der Waals surface area contributed by atoms with Gasteiger partial charge < -0.3 is 10.2 Å². The van der Waals surface area contributed by atoms with Crippen molar-refractivity contribution in [2.24, 2.45) is 11.3 Å². The van der Waals surface area contributed by atoms with E-state index < -0.39 is 0 Å². The van der Waals surface area contributed by atoms with Crippen molar-refractivity contribution in [3.05, 3.63) is 0 Å². The molecule has 1 unspecified atom stereocenters. The number of hydrogen-bond donors (Lipinski definition) is 1. The van der Waals surface area contributed by atoms with Crippen LogP contribution in [0.2, 0.25) is 0 Å². The van der Waals surface area contributed by atoms with Crippen LogP contribution in [0.1, 0.15) is 53.9 Å². The van der Waals surface area contributed by atoms with E-state index >= 15 is 0 Å². The second-order valence-electron chi connectivity index (χ2n) is 7.11. The van der Waals surface area contributed by atoms with Crippen LogP contribution in [0.25, 0.3) is 0 Å². The van der Waals surface area contributed by atoms with Gasteiger partial charge in [-0.15, -0.1) is 0 Å². The lowest BCUT2D eigenvalue weighted by atomic mass is 9.91. The Hall–Kier alpha value is -0.0800. The molecule has 0 spiro atoms. The van der Waals surface area contributed by atoms with Crippen molar-refractivity contribution in [2.45, 2.75) is 59.9 Å². The second kappa shape index (κ2) is 6.75. The van der Waals surface area contributed by atoms with E-state index in [2.05, 4.69) is 44.8 Å². The molecule has 0 radical (unpaired) electrons. The van der Waals surface area contributed by atoms with Gasteiger partial charge in [-0.3, -0.25) is 0 Å². The summed E-state index contributed by atoms with van der Waals surface area (Å²) < 4.78 is 0. The molecule has 0 aromatic rings. The van der Waals surface area contributed by atoms with Gasteiger partial charge in [-0.25, -0.2) is 0 Å². The standard InChI is InChI=1S/C15H32N2/c1-13(2)17-10-7-14(12-17)11-16-9-6-8-15(3,4)5/h13-14,16H,6-12H2,1-5H3. The van der Waals surface area contributed by atoms with Gasteiger partial charge in [-0.05, 0) is 64.1 Å². The molecule has 1 aliphatic rings. The lowest BCUT2D eigenvalue weighted by molar-refractivity contribution is 0.263. The first-order valence-electron chi connectivity index (χ1n) is 7.33. The molecule has 17 heavy (non-hydrogen) atoms. The molecule has 0 aromatic carbocycles. The summed E-state index contributed by atoms with van der Waals surface area (Å²) in [5, 5.41) is 3.63. The van der Waals surface area contributed by atoms with E-state index in [1.807, 2.05) is 0 Å². The molecule has 1 rings (SSSR count). The third-order valence-corrected chi connectivity index (χ3v) is 3.76. The van der Waals surface area contributed by atoms with Gasteiger partial charge in [0.15, 0.2) is 0 Å². The summed E-state index contributed by atoms with van der Waals surface area (Å²) in [6.07, 6.45) is 4.01. The number of nitrogens with one attached hydrogen (secondary N) is 1. The van der Waals surface area contributed by atoms with E-state index in [0.29, 0.717) is 5.41 Å². The molecule has 2 heteroatoms. The lowest BCUT2D eigenvalue weighted by Gasteiger charge is -2.20. The largest absolute Gasteiger partial charge is 0.316 e. The Morgan fingerprint density at radius 2 is 2.00 bits per heavy atom. The van der Waals surface area contributed by atoms with Crippen LogP contribution in [0.15, 0.2) is 0 Å². The third-order valence-electron chi connectivity index (χ3n) is 3.76. The van der Waals surface area contributed by atoms with Crippen molar-refractivity contribution in [1.82, 2.24) is 10.2 Å². The molecular formula is C15H32N2. The molecule has 1 aliphatic heterocycles. The molecule has 0 saturated carbocycles. The molecule has 102 valence electrons. The van der Waals surface area contributed by atoms with E-state index in [4.69, 9.17) is 0 Å². The quantitative estimate of drug-likeness (QED) is 0.718. The fraction of sp³-hybridized carbons (Fsp3) is 1.00. The molecular weight excluding hydrogens is 208 g/mol. The SMILES string of the molecule is CC(C)N1CCC(CNCCCC(C)(C)C)C1. The van der Waals surface area contributed by atoms with Crippen LogP contribution in [-0.2, 0) is 0 Å². The number of nitrogens with zero attached hydrogens (tertiary/aromatic N) is 1. The second-order valence-corrected chi connectivity index (χ2v) is 7.11. The van der Waals surface area contributed by atoms with E-state index in [1.165, 1.54) is 45.4 Å². The highest BCUT2D eigenvalue weighted by Gasteiger charge is 2.23. The molecule has 0 amide bonds. The number of rotatable bonds is 6. The number of hydrogen-bond acceptors (Lipinski definition) is 2. The molecule has 0 bridgehead atoms. The Kier molecular flexibility index (Phi) is 5.94. The zero-order chi connectivity index (χ0) is 12.9. The van der Waals surface area contributed by atoms with Crippen molar-refractivity contribution in [1.29, 1.82) is 0 Å². The highest BCUT2D eigenvalue weighted by molar-refractivity contribution is 4.79. The normalized spacial score (nSPS) is 22.6. The van der Waals surface area contributed by atoms with E-state index in [0.717, 1.165) is 12.0 Å². The molecule has 2 nitrogen and oxygen atoms in total.